The molecule has 2 aromatic heterocycles. The molecule has 0 bridgehead atoms. The number of methoxy groups -OCH3 is 1. The van der Waals surface area contributed by atoms with Gasteiger partial charge in [0.15, 0.2) is 5.15 Å². The van der Waals surface area contributed by atoms with Gasteiger partial charge in [-0.15, -0.1) is 0 Å². The van der Waals surface area contributed by atoms with E-state index in [0.717, 1.165) is 10.2 Å². The lowest BCUT2D eigenvalue weighted by Gasteiger charge is -2.07. The predicted octanol–water partition coefficient (Wildman–Crippen LogP) is 2.11. The highest BCUT2D eigenvalue weighted by molar-refractivity contribution is 9.10. The van der Waals surface area contributed by atoms with Crippen molar-refractivity contribution in [2.24, 2.45) is 0 Å². The van der Waals surface area contributed by atoms with E-state index in [4.69, 9.17) is 16.3 Å². The summed E-state index contributed by atoms with van der Waals surface area (Å²) in [6.45, 7) is 0.312. The fourth-order valence-corrected chi connectivity index (χ4v) is 1.84. The molecule has 0 saturated heterocycles. The summed E-state index contributed by atoms with van der Waals surface area (Å²) in [4.78, 5) is 20.0. The highest BCUT2D eigenvalue weighted by atomic mass is 79.9. The SMILES string of the molecule is COc1c(Cl)ncn(Cc2ccc(Br)cn2)c1=O. The minimum atomic E-state index is -0.331. The zero-order valence-corrected chi connectivity index (χ0v) is 11.8. The second kappa shape index (κ2) is 5.49. The molecule has 0 aliphatic carbocycles. The van der Waals surface area contributed by atoms with Crippen LogP contribution in [0.4, 0.5) is 0 Å². The van der Waals surface area contributed by atoms with Gasteiger partial charge in [0.1, 0.15) is 0 Å². The fourth-order valence-electron chi connectivity index (χ4n) is 1.41. The highest BCUT2D eigenvalue weighted by Gasteiger charge is 2.10. The highest BCUT2D eigenvalue weighted by Crippen LogP contribution is 2.15. The van der Waals surface area contributed by atoms with E-state index in [0.29, 0.717) is 6.54 Å². The van der Waals surface area contributed by atoms with Crippen LogP contribution in [0.15, 0.2) is 33.9 Å². The molecule has 2 aromatic rings. The van der Waals surface area contributed by atoms with Crippen LogP contribution in [-0.4, -0.2) is 21.6 Å². The standard InChI is InChI=1S/C11H9BrClN3O2/c1-18-9-10(13)15-6-16(11(9)17)5-8-3-2-7(12)4-14-8/h2-4,6H,5H2,1H3. The number of ether oxygens (including phenoxy) is 1. The van der Waals surface area contributed by atoms with Gasteiger partial charge < -0.3 is 4.74 Å². The van der Waals surface area contributed by atoms with Gasteiger partial charge in [0, 0.05) is 10.7 Å². The number of halogens is 2. The van der Waals surface area contributed by atoms with Gasteiger partial charge >= 0.3 is 0 Å². The van der Waals surface area contributed by atoms with Gasteiger partial charge in [0.2, 0.25) is 5.75 Å². The van der Waals surface area contributed by atoms with Gasteiger partial charge in [-0.05, 0) is 28.1 Å². The Hall–Kier alpha value is -1.40. The van der Waals surface area contributed by atoms with Crippen LogP contribution >= 0.6 is 27.5 Å². The van der Waals surface area contributed by atoms with Crippen LogP contribution in [0.5, 0.6) is 5.75 Å². The van der Waals surface area contributed by atoms with Crippen molar-refractivity contribution in [3.05, 3.63) is 50.3 Å². The third-order valence-electron chi connectivity index (χ3n) is 2.28. The molecular weight excluding hydrogens is 321 g/mol. The second-order valence-electron chi connectivity index (χ2n) is 3.47. The van der Waals surface area contributed by atoms with Gasteiger partial charge in [-0.2, -0.15) is 0 Å². The number of aromatic nitrogens is 3. The Balaban J connectivity index is 2.35. The van der Waals surface area contributed by atoms with E-state index < -0.39 is 0 Å². The molecule has 0 unspecified atom stereocenters. The van der Waals surface area contributed by atoms with E-state index in [1.807, 2.05) is 12.1 Å². The lowest BCUT2D eigenvalue weighted by molar-refractivity contribution is 0.400. The first-order valence-corrected chi connectivity index (χ1v) is 6.18. The minimum absolute atomic E-state index is 0.0382. The van der Waals surface area contributed by atoms with Crippen molar-refractivity contribution in [3.8, 4) is 5.75 Å². The number of hydrogen-bond acceptors (Lipinski definition) is 4. The molecule has 94 valence electrons. The molecule has 0 aliphatic heterocycles. The molecule has 5 nitrogen and oxygen atoms in total. The molecule has 2 heterocycles. The van der Waals surface area contributed by atoms with Crippen molar-refractivity contribution in [1.29, 1.82) is 0 Å². The zero-order chi connectivity index (χ0) is 13.1. The Kier molecular flexibility index (Phi) is 3.98. The molecule has 0 spiro atoms. The summed E-state index contributed by atoms with van der Waals surface area (Å²) in [6, 6.07) is 3.67. The number of nitrogens with zero attached hydrogens (tertiary/aromatic N) is 3. The summed E-state index contributed by atoms with van der Waals surface area (Å²) in [7, 11) is 1.38. The molecule has 0 radical (unpaired) electrons. The molecule has 0 saturated carbocycles. The first-order valence-electron chi connectivity index (χ1n) is 5.01. The van der Waals surface area contributed by atoms with E-state index in [1.165, 1.54) is 18.0 Å². The Morgan fingerprint density at radius 1 is 1.44 bits per heavy atom. The molecule has 2 rings (SSSR count). The van der Waals surface area contributed by atoms with E-state index in [2.05, 4.69) is 25.9 Å². The molecule has 0 atom stereocenters. The third kappa shape index (κ3) is 2.70. The number of pyridine rings is 1. The van der Waals surface area contributed by atoms with Gasteiger partial charge in [0.05, 0.1) is 25.7 Å². The van der Waals surface area contributed by atoms with Gasteiger partial charge in [-0.3, -0.25) is 14.3 Å². The minimum Gasteiger partial charge on any atom is -0.489 e. The maximum atomic E-state index is 12.0. The van der Waals surface area contributed by atoms with Crippen LogP contribution in [0.1, 0.15) is 5.69 Å². The molecule has 18 heavy (non-hydrogen) atoms. The molecule has 0 aromatic carbocycles. The summed E-state index contributed by atoms with van der Waals surface area (Å²) in [5, 5.41) is 0.0579. The molecule has 0 N–H and O–H groups in total. The Morgan fingerprint density at radius 3 is 2.83 bits per heavy atom. The van der Waals surface area contributed by atoms with E-state index in [-0.39, 0.29) is 16.5 Å². The van der Waals surface area contributed by atoms with Crippen molar-refractivity contribution in [2.45, 2.75) is 6.54 Å². The van der Waals surface area contributed by atoms with E-state index in [9.17, 15) is 4.79 Å². The number of hydrogen-bond donors (Lipinski definition) is 0. The van der Waals surface area contributed by atoms with Crippen molar-refractivity contribution in [2.75, 3.05) is 7.11 Å². The van der Waals surface area contributed by atoms with Crippen LogP contribution < -0.4 is 10.3 Å². The summed E-state index contributed by atoms with van der Waals surface area (Å²) in [6.07, 6.45) is 3.04. The van der Waals surface area contributed by atoms with E-state index in [1.54, 1.807) is 6.20 Å². The van der Waals surface area contributed by atoms with E-state index >= 15 is 0 Å². The van der Waals surface area contributed by atoms with Crippen LogP contribution in [-0.2, 0) is 6.54 Å². The largest absolute Gasteiger partial charge is 0.489 e. The third-order valence-corrected chi connectivity index (χ3v) is 3.02. The quantitative estimate of drug-likeness (QED) is 0.809. The van der Waals surface area contributed by atoms with Crippen molar-refractivity contribution in [3.63, 3.8) is 0 Å². The lowest BCUT2D eigenvalue weighted by atomic mass is 10.3. The maximum absolute atomic E-state index is 12.0. The summed E-state index contributed by atoms with van der Waals surface area (Å²) >= 11 is 9.05. The molecule has 0 amide bonds. The summed E-state index contributed by atoms with van der Waals surface area (Å²) in [5.41, 5.74) is 0.411. The van der Waals surface area contributed by atoms with Gasteiger partial charge in [0.25, 0.3) is 5.56 Å². The zero-order valence-electron chi connectivity index (χ0n) is 9.43. The monoisotopic (exact) mass is 329 g/mol. The van der Waals surface area contributed by atoms with Crippen molar-refractivity contribution in [1.82, 2.24) is 14.5 Å². The van der Waals surface area contributed by atoms with Crippen LogP contribution in [0, 0.1) is 0 Å². The molecule has 0 fully saturated rings. The number of rotatable bonds is 3. The predicted molar refractivity (Wildman–Crippen MR) is 71.1 cm³/mol. The first-order chi connectivity index (χ1) is 8.61. The smallest absolute Gasteiger partial charge is 0.297 e. The van der Waals surface area contributed by atoms with Gasteiger partial charge in [-0.25, -0.2) is 4.98 Å². The normalized spacial score (nSPS) is 10.4. The summed E-state index contributed by atoms with van der Waals surface area (Å²) < 4.78 is 7.19. The van der Waals surface area contributed by atoms with Crippen molar-refractivity contribution >= 4 is 27.5 Å². The fraction of sp³-hybridized carbons (Fsp3) is 0.182. The molecule has 7 heteroatoms. The Bertz CT molecular complexity index is 613. The Labute approximate surface area is 117 Å². The lowest BCUT2D eigenvalue weighted by Crippen LogP contribution is -2.23. The average Bonchev–Trinajstić information content (AvgIpc) is 2.36. The summed E-state index contributed by atoms with van der Waals surface area (Å²) in [5.74, 6) is 0.0382. The van der Waals surface area contributed by atoms with Crippen molar-refractivity contribution < 1.29 is 4.74 Å². The maximum Gasteiger partial charge on any atom is 0.297 e. The van der Waals surface area contributed by atoms with Gasteiger partial charge in [-0.1, -0.05) is 11.6 Å². The van der Waals surface area contributed by atoms with Crippen LogP contribution in [0.3, 0.4) is 0 Å². The second-order valence-corrected chi connectivity index (χ2v) is 4.74. The van der Waals surface area contributed by atoms with Crippen LogP contribution in [0.25, 0.3) is 0 Å². The first kappa shape index (κ1) is 13.0. The van der Waals surface area contributed by atoms with Crippen LogP contribution in [0.2, 0.25) is 5.15 Å². The topological polar surface area (TPSA) is 57.0 Å². The molecular formula is C11H9BrClN3O2. The Morgan fingerprint density at radius 2 is 2.22 bits per heavy atom. The average molecular weight is 331 g/mol. The molecule has 0 aliphatic rings.